The van der Waals surface area contributed by atoms with Crippen LogP contribution in [0.15, 0.2) is 47.8 Å². The number of nitrogens with zero attached hydrogens (tertiary/aromatic N) is 1. The van der Waals surface area contributed by atoms with E-state index in [4.69, 9.17) is 0 Å². The molecule has 0 spiro atoms. The second-order valence-electron chi connectivity index (χ2n) is 5.28. The number of thioether (sulfide) groups is 1. The van der Waals surface area contributed by atoms with Crippen LogP contribution in [0.3, 0.4) is 0 Å². The van der Waals surface area contributed by atoms with Crippen LogP contribution in [0.1, 0.15) is 22.1 Å². The maximum Gasteiger partial charge on any atom is 0.317 e. The summed E-state index contributed by atoms with van der Waals surface area (Å²) in [6.45, 7) is 2.27. The predicted molar refractivity (Wildman–Crippen MR) is 94.4 cm³/mol. The Hall–Kier alpha value is -1.46. The zero-order chi connectivity index (χ0) is 15.2. The molecule has 1 aromatic heterocycles. The summed E-state index contributed by atoms with van der Waals surface area (Å²) < 4.78 is 0. The molecular weight excluding hydrogens is 312 g/mol. The van der Waals surface area contributed by atoms with Crippen molar-refractivity contribution in [1.82, 2.24) is 10.2 Å². The Morgan fingerprint density at radius 2 is 2.05 bits per heavy atom. The summed E-state index contributed by atoms with van der Waals surface area (Å²) in [5.74, 6) is 0.992. The molecule has 1 aromatic carbocycles. The van der Waals surface area contributed by atoms with Gasteiger partial charge in [-0.05, 0) is 23.4 Å². The lowest BCUT2D eigenvalue weighted by atomic mass is 10.1. The Kier molecular flexibility index (Phi) is 5.40. The minimum atomic E-state index is 0.0581. The zero-order valence-corrected chi connectivity index (χ0v) is 14.0. The van der Waals surface area contributed by atoms with E-state index in [1.807, 2.05) is 28.1 Å². The number of nitrogens with one attached hydrogen (secondary N) is 1. The minimum absolute atomic E-state index is 0.0581. The number of carbonyl (C=O) groups excluding carboxylic acids is 1. The minimum Gasteiger partial charge on any atom is -0.333 e. The molecule has 0 bridgehead atoms. The third-order valence-corrected chi connectivity index (χ3v) is 6.00. The van der Waals surface area contributed by atoms with Crippen molar-refractivity contribution in [2.45, 2.75) is 18.2 Å². The number of urea groups is 1. The Morgan fingerprint density at radius 1 is 1.18 bits per heavy atom. The number of benzene rings is 1. The van der Waals surface area contributed by atoms with Gasteiger partial charge in [-0.15, -0.1) is 11.3 Å². The third-order valence-electron chi connectivity index (χ3n) is 3.79. The highest BCUT2D eigenvalue weighted by Gasteiger charge is 2.21. The summed E-state index contributed by atoms with van der Waals surface area (Å²) in [5.41, 5.74) is 1.37. The molecular formula is C17H20N2OS2. The molecule has 1 saturated heterocycles. The highest BCUT2D eigenvalue weighted by Crippen LogP contribution is 2.34. The fourth-order valence-electron chi connectivity index (χ4n) is 2.59. The third kappa shape index (κ3) is 4.05. The van der Waals surface area contributed by atoms with Gasteiger partial charge >= 0.3 is 6.03 Å². The summed E-state index contributed by atoms with van der Waals surface area (Å²) in [4.78, 5) is 15.4. The summed E-state index contributed by atoms with van der Waals surface area (Å²) >= 11 is 3.63. The molecule has 0 unspecified atom stereocenters. The Labute approximate surface area is 139 Å². The van der Waals surface area contributed by atoms with Gasteiger partial charge in [0.25, 0.3) is 0 Å². The van der Waals surface area contributed by atoms with Crippen LogP contribution in [0.25, 0.3) is 0 Å². The van der Waals surface area contributed by atoms with E-state index >= 15 is 0 Å². The van der Waals surface area contributed by atoms with Crippen LogP contribution < -0.4 is 5.32 Å². The van der Waals surface area contributed by atoms with Crippen molar-refractivity contribution < 1.29 is 4.79 Å². The van der Waals surface area contributed by atoms with Crippen LogP contribution in [0, 0.1) is 0 Å². The molecule has 1 aliphatic rings. The van der Waals surface area contributed by atoms with Crippen molar-refractivity contribution in [3.8, 4) is 0 Å². The summed E-state index contributed by atoms with van der Waals surface area (Å²) in [5, 5.41) is 5.56. The SMILES string of the molecule is O=C(NCc1cccs1)N1CCS[C@H](c2ccccc2)CC1. The number of amides is 2. The van der Waals surface area contributed by atoms with E-state index in [1.165, 1.54) is 10.4 Å². The van der Waals surface area contributed by atoms with Crippen molar-refractivity contribution in [2.75, 3.05) is 18.8 Å². The molecule has 1 atom stereocenters. The first-order chi connectivity index (χ1) is 10.8. The highest BCUT2D eigenvalue weighted by atomic mass is 32.2. The topological polar surface area (TPSA) is 32.3 Å². The van der Waals surface area contributed by atoms with Gasteiger partial charge in [0.05, 0.1) is 6.54 Å². The van der Waals surface area contributed by atoms with Gasteiger partial charge in [-0.1, -0.05) is 36.4 Å². The van der Waals surface area contributed by atoms with E-state index in [9.17, 15) is 4.79 Å². The van der Waals surface area contributed by atoms with Gasteiger partial charge in [-0.2, -0.15) is 11.8 Å². The van der Waals surface area contributed by atoms with E-state index < -0.39 is 0 Å². The van der Waals surface area contributed by atoms with Gasteiger partial charge in [-0.3, -0.25) is 0 Å². The fourth-order valence-corrected chi connectivity index (χ4v) is 4.47. The average molecular weight is 332 g/mol. The summed E-state index contributed by atoms with van der Waals surface area (Å²) in [6.07, 6.45) is 1.01. The van der Waals surface area contributed by atoms with Crippen LogP contribution in [-0.4, -0.2) is 29.8 Å². The molecule has 2 amide bonds. The molecule has 2 aromatic rings. The lowest BCUT2D eigenvalue weighted by molar-refractivity contribution is 0.201. The summed E-state index contributed by atoms with van der Waals surface area (Å²) in [6, 6.07) is 14.7. The van der Waals surface area contributed by atoms with E-state index in [0.717, 1.165) is 25.3 Å². The van der Waals surface area contributed by atoms with E-state index in [0.29, 0.717) is 11.8 Å². The molecule has 1 aliphatic heterocycles. The number of hydrogen-bond donors (Lipinski definition) is 1. The van der Waals surface area contributed by atoms with Crippen LogP contribution >= 0.6 is 23.1 Å². The average Bonchev–Trinajstić information content (AvgIpc) is 2.96. The number of hydrogen-bond acceptors (Lipinski definition) is 3. The Balaban J connectivity index is 1.52. The van der Waals surface area contributed by atoms with Gasteiger partial charge in [0.1, 0.15) is 0 Å². The van der Waals surface area contributed by atoms with Gasteiger partial charge in [0.15, 0.2) is 0 Å². The summed E-state index contributed by atoms with van der Waals surface area (Å²) in [7, 11) is 0. The van der Waals surface area contributed by atoms with Crippen molar-refractivity contribution in [3.05, 3.63) is 58.3 Å². The van der Waals surface area contributed by atoms with Gasteiger partial charge in [0, 0.05) is 29.0 Å². The van der Waals surface area contributed by atoms with Crippen LogP contribution in [0.2, 0.25) is 0 Å². The highest BCUT2D eigenvalue weighted by molar-refractivity contribution is 7.99. The number of thiophene rings is 1. The first kappa shape index (κ1) is 15.4. The largest absolute Gasteiger partial charge is 0.333 e. The van der Waals surface area contributed by atoms with Gasteiger partial charge in [0.2, 0.25) is 0 Å². The smallest absolute Gasteiger partial charge is 0.317 e. The maximum atomic E-state index is 12.3. The second-order valence-corrected chi connectivity index (χ2v) is 7.63. The van der Waals surface area contributed by atoms with Crippen LogP contribution in [0.4, 0.5) is 4.79 Å². The quantitative estimate of drug-likeness (QED) is 0.916. The molecule has 1 N–H and O–H groups in total. The molecule has 3 rings (SSSR count). The molecule has 1 fully saturated rings. The monoisotopic (exact) mass is 332 g/mol. The maximum absolute atomic E-state index is 12.3. The first-order valence-corrected chi connectivity index (χ1v) is 9.47. The second kappa shape index (κ2) is 7.70. The van der Waals surface area contributed by atoms with Crippen LogP contribution in [-0.2, 0) is 6.54 Å². The van der Waals surface area contributed by atoms with Crippen molar-refractivity contribution in [2.24, 2.45) is 0 Å². The molecule has 5 heteroatoms. The van der Waals surface area contributed by atoms with Crippen molar-refractivity contribution in [3.63, 3.8) is 0 Å². The lowest BCUT2D eigenvalue weighted by Gasteiger charge is -2.20. The number of rotatable bonds is 3. The molecule has 0 aliphatic carbocycles. The molecule has 2 heterocycles. The zero-order valence-electron chi connectivity index (χ0n) is 12.4. The van der Waals surface area contributed by atoms with Gasteiger partial charge < -0.3 is 10.2 Å². The molecule has 22 heavy (non-hydrogen) atoms. The Bertz CT molecular complexity index is 586. The standard InChI is InChI=1S/C17H20N2OS2/c20-17(18-13-15-7-4-11-21-15)19-9-8-16(22-12-10-19)14-5-2-1-3-6-14/h1-7,11,16H,8-10,12-13H2,(H,18,20)/t16-/m0/s1. The molecule has 0 radical (unpaired) electrons. The van der Waals surface area contributed by atoms with E-state index in [2.05, 4.69) is 41.7 Å². The molecule has 0 saturated carbocycles. The fraction of sp³-hybridized carbons (Fsp3) is 0.353. The van der Waals surface area contributed by atoms with E-state index in [-0.39, 0.29) is 6.03 Å². The number of carbonyl (C=O) groups is 1. The van der Waals surface area contributed by atoms with Crippen LogP contribution in [0.5, 0.6) is 0 Å². The van der Waals surface area contributed by atoms with E-state index in [1.54, 1.807) is 11.3 Å². The van der Waals surface area contributed by atoms with Crippen molar-refractivity contribution >= 4 is 29.1 Å². The van der Waals surface area contributed by atoms with Crippen molar-refractivity contribution in [1.29, 1.82) is 0 Å². The normalized spacial score (nSPS) is 18.7. The molecule has 3 nitrogen and oxygen atoms in total. The lowest BCUT2D eigenvalue weighted by Crippen LogP contribution is -2.40. The molecule has 116 valence electrons. The van der Waals surface area contributed by atoms with Gasteiger partial charge in [-0.25, -0.2) is 4.79 Å². The predicted octanol–water partition coefficient (Wildman–Crippen LogP) is 4.14. The first-order valence-electron chi connectivity index (χ1n) is 7.54. The Morgan fingerprint density at radius 3 is 2.82 bits per heavy atom.